The third-order valence-corrected chi connectivity index (χ3v) is 7.18. The number of nitrogens with one attached hydrogen (secondary N) is 1. The molecule has 2 amide bonds. The third kappa shape index (κ3) is 7.01. The van der Waals surface area contributed by atoms with Gasteiger partial charge in [0.25, 0.3) is 5.91 Å². The summed E-state index contributed by atoms with van der Waals surface area (Å²) < 4.78 is 11.7. The molecule has 2 bridgehead atoms. The number of hydrogen-bond donors (Lipinski definition) is 1. The number of pyridine rings is 1. The number of amides is 2. The van der Waals surface area contributed by atoms with Gasteiger partial charge in [-0.3, -0.25) is 9.78 Å². The largest absolute Gasteiger partial charge is 0.492 e. The topological polar surface area (TPSA) is 84.0 Å². The molecule has 0 saturated carbocycles. The maximum atomic E-state index is 13.5. The van der Waals surface area contributed by atoms with Gasteiger partial charge in [-0.15, -0.1) is 0 Å². The Bertz CT molecular complexity index is 1090. The van der Waals surface area contributed by atoms with E-state index >= 15 is 0 Å². The van der Waals surface area contributed by atoms with E-state index in [2.05, 4.69) is 10.3 Å². The van der Waals surface area contributed by atoms with Gasteiger partial charge in [-0.2, -0.15) is 0 Å². The minimum absolute atomic E-state index is 0.0492. The Hall–Kier alpha value is -3.13. The molecule has 0 radical (unpaired) electrons. The van der Waals surface area contributed by atoms with Crippen molar-refractivity contribution in [1.82, 2.24) is 20.1 Å². The highest BCUT2D eigenvalue weighted by Gasteiger charge is 2.38. The lowest BCUT2D eigenvalue weighted by molar-refractivity contribution is 0.00379. The molecule has 0 atom stereocenters. The molecule has 1 aromatic carbocycles. The van der Waals surface area contributed by atoms with Crippen LogP contribution >= 0.6 is 0 Å². The molecular formula is C29H40N4O4. The Labute approximate surface area is 220 Å². The summed E-state index contributed by atoms with van der Waals surface area (Å²) >= 11 is 0. The number of carbonyl (C=O) groups is 2. The first kappa shape index (κ1) is 26.9. The minimum Gasteiger partial charge on any atom is -0.492 e. The molecule has 1 saturated heterocycles. The highest BCUT2D eigenvalue weighted by Crippen LogP contribution is 2.38. The lowest BCUT2D eigenvalue weighted by Crippen LogP contribution is -2.49. The van der Waals surface area contributed by atoms with Crippen LogP contribution in [0.15, 0.2) is 42.7 Å². The van der Waals surface area contributed by atoms with Crippen molar-refractivity contribution in [2.45, 2.75) is 52.1 Å². The van der Waals surface area contributed by atoms with Crippen LogP contribution in [0.5, 0.6) is 5.75 Å². The maximum absolute atomic E-state index is 13.5. The average molecular weight is 509 g/mol. The van der Waals surface area contributed by atoms with Crippen molar-refractivity contribution in [3.63, 3.8) is 0 Å². The lowest BCUT2D eigenvalue weighted by Gasteiger charge is -2.44. The van der Waals surface area contributed by atoms with E-state index < -0.39 is 5.60 Å². The molecule has 2 aliphatic heterocycles. The van der Waals surface area contributed by atoms with Crippen LogP contribution in [0, 0.1) is 5.41 Å². The number of para-hydroxylation sites is 1. The number of ether oxygens (including phenoxy) is 2. The summed E-state index contributed by atoms with van der Waals surface area (Å²) in [5.41, 5.74) is 1.76. The number of hydrogen-bond acceptors (Lipinski definition) is 6. The number of fused-ring (bicyclic) bond motifs is 4. The van der Waals surface area contributed by atoms with Crippen LogP contribution in [0.2, 0.25) is 0 Å². The number of nitrogens with zero attached hydrogens (tertiary/aromatic N) is 3. The third-order valence-electron chi connectivity index (χ3n) is 7.18. The van der Waals surface area contributed by atoms with Gasteiger partial charge in [-0.05, 0) is 70.5 Å². The van der Waals surface area contributed by atoms with E-state index in [1.807, 2.05) is 63.1 Å². The first-order valence-corrected chi connectivity index (χ1v) is 13.3. The van der Waals surface area contributed by atoms with Crippen LogP contribution in [0.25, 0.3) is 11.1 Å². The van der Waals surface area contributed by atoms with Gasteiger partial charge < -0.3 is 24.6 Å². The fourth-order valence-corrected chi connectivity index (χ4v) is 5.25. The molecule has 4 rings (SSSR count). The minimum atomic E-state index is -0.515. The second kappa shape index (κ2) is 11.5. The summed E-state index contributed by atoms with van der Waals surface area (Å²) in [4.78, 5) is 34.2. The summed E-state index contributed by atoms with van der Waals surface area (Å²) in [5.74, 6) is 0.735. The molecule has 8 heteroatoms. The van der Waals surface area contributed by atoms with Gasteiger partial charge in [-0.1, -0.05) is 18.2 Å². The van der Waals surface area contributed by atoms with Gasteiger partial charge in [0.15, 0.2) is 0 Å². The van der Waals surface area contributed by atoms with Crippen molar-refractivity contribution < 1.29 is 19.1 Å². The SMILES string of the molecule is CN1CC2(CCCNCCOc3ccccc3-c3cncc(c3)C1=O)CCN(C(=O)OC(C)(C)C)CC2. The van der Waals surface area contributed by atoms with E-state index in [1.54, 1.807) is 17.3 Å². The number of carbonyl (C=O) groups excluding carboxylic acids is 2. The van der Waals surface area contributed by atoms with Crippen LogP contribution in [-0.2, 0) is 4.74 Å². The van der Waals surface area contributed by atoms with Gasteiger partial charge in [0, 0.05) is 56.7 Å². The zero-order chi connectivity index (χ0) is 26.5. The molecule has 1 fully saturated rings. The normalized spacial score (nSPS) is 19.2. The second-order valence-electron chi connectivity index (χ2n) is 11.3. The first-order valence-electron chi connectivity index (χ1n) is 13.3. The summed E-state index contributed by atoms with van der Waals surface area (Å²) in [6.07, 6.45) is 6.77. The van der Waals surface area contributed by atoms with Crippen molar-refractivity contribution in [3.8, 4) is 16.9 Å². The van der Waals surface area contributed by atoms with Crippen LogP contribution in [0.1, 0.15) is 56.8 Å². The Kier molecular flexibility index (Phi) is 8.37. The molecule has 2 aromatic rings. The van der Waals surface area contributed by atoms with E-state index in [4.69, 9.17) is 9.47 Å². The Balaban J connectivity index is 1.54. The quantitative estimate of drug-likeness (QED) is 0.560. The Morgan fingerprint density at radius 3 is 2.57 bits per heavy atom. The zero-order valence-electron chi connectivity index (χ0n) is 22.6. The highest BCUT2D eigenvalue weighted by atomic mass is 16.6. The number of benzene rings is 1. The molecule has 1 spiro atoms. The monoisotopic (exact) mass is 508 g/mol. The van der Waals surface area contributed by atoms with E-state index in [0.29, 0.717) is 31.8 Å². The fraction of sp³-hybridized carbons (Fsp3) is 0.552. The van der Waals surface area contributed by atoms with Gasteiger partial charge in [0.05, 0.1) is 5.56 Å². The molecule has 3 heterocycles. The molecule has 1 aromatic heterocycles. The lowest BCUT2D eigenvalue weighted by atomic mass is 9.74. The van der Waals surface area contributed by atoms with Crippen LogP contribution in [-0.4, -0.2) is 78.8 Å². The van der Waals surface area contributed by atoms with Crippen LogP contribution in [0.4, 0.5) is 4.79 Å². The van der Waals surface area contributed by atoms with E-state index in [9.17, 15) is 9.59 Å². The number of piperidine rings is 1. The number of aromatic nitrogens is 1. The van der Waals surface area contributed by atoms with Gasteiger partial charge in [0.1, 0.15) is 18.0 Å². The van der Waals surface area contributed by atoms with Crippen LogP contribution < -0.4 is 10.1 Å². The van der Waals surface area contributed by atoms with Crippen LogP contribution in [0.3, 0.4) is 0 Å². The van der Waals surface area contributed by atoms with Crippen molar-refractivity contribution >= 4 is 12.0 Å². The molecule has 0 unspecified atom stereocenters. The van der Waals surface area contributed by atoms with E-state index in [-0.39, 0.29) is 17.4 Å². The maximum Gasteiger partial charge on any atom is 0.410 e. The van der Waals surface area contributed by atoms with Crippen molar-refractivity contribution in [1.29, 1.82) is 0 Å². The molecule has 1 N–H and O–H groups in total. The predicted molar refractivity (Wildman–Crippen MR) is 144 cm³/mol. The Morgan fingerprint density at radius 1 is 1.08 bits per heavy atom. The van der Waals surface area contributed by atoms with Crippen molar-refractivity contribution in [2.24, 2.45) is 5.41 Å². The van der Waals surface area contributed by atoms with E-state index in [1.165, 1.54) is 0 Å². The molecule has 8 nitrogen and oxygen atoms in total. The van der Waals surface area contributed by atoms with Gasteiger partial charge in [-0.25, -0.2) is 4.79 Å². The molecule has 37 heavy (non-hydrogen) atoms. The molecule has 0 aliphatic carbocycles. The molecule has 2 aliphatic rings. The molecular weight excluding hydrogens is 468 g/mol. The highest BCUT2D eigenvalue weighted by molar-refractivity contribution is 5.95. The van der Waals surface area contributed by atoms with E-state index in [0.717, 1.165) is 55.6 Å². The smallest absolute Gasteiger partial charge is 0.410 e. The van der Waals surface area contributed by atoms with Gasteiger partial charge in [0.2, 0.25) is 0 Å². The average Bonchev–Trinajstić information content (AvgIpc) is 2.87. The Morgan fingerprint density at radius 2 is 1.81 bits per heavy atom. The fourth-order valence-electron chi connectivity index (χ4n) is 5.25. The van der Waals surface area contributed by atoms with Crippen molar-refractivity contribution in [3.05, 3.63) is 48.3 Å². The standard InChI is InChI=1S/C29H40N4O4/c1-28(2,3)37-27(35)33-15-11-29(12-16-33)10-7-13-30-14-17-36-25-9-6-5-8-24(25)22-18-23(20-31-19-22)26(34)32(4)21-29/h5-6,8-9,18-20,30H,7,10-17,21H2,1-4H3. The summed E-state index contributed by atoms with van der Waals surface area (Å²) in [6.45, 7) is 9.75. The first-order chi connectivity index (χ1) is 17.7. The molecule has 200 valence electrons. The number of rotatable bonds is 0. The summed E-state index contributed by atoms with van der Waals surface area (Å²) in [6, 6.07) is 9.76. The van der Waals surface area contributed by atoms with Gasteiger partial charge >= 0.3 is 6.09 Å². The zero-order valence-corrected chi connectivity index (χ0v) is 22.6. The van der Waals surface area contributed by atoms with Crippen molar-refractivity contribution in [2.75, 3.05) is 46.4 Å². The second-order valence-corrected chi connectivity index (χ2v) is 11.3. The number of likely N-dealkylation sites (tertiary alicyclic amines) is 1. The summed E-state index contributed by atoms with van der Waals surface area (Å²) in [7, 11) is 1.87. The summed E-state index contributed by atoms with van der Waals surface area (Å²) in [5, 5.41) is 3.50. The predicted octanol–water partition coefficient (Wildman–Crippen LogP) is 4.60.